The van der Waals surface area contributed by atoms with Crippen LogP contribution in [0.4, 0.5) is 4.79 Å². The van der Waals surface area contributed by atoms with Gasteiger partial charge in [-0.05, 0) is 6.92 Å². The van der Waals surface area contributed by atoms with Gasteiger partial charge in [-0.3, -0.25) is 4.79 Å². The Kier molecular flexibility index (Phi) is 4.02. The smallest absolute Gasteiger partial charge is 0.430 e. The summed E-state index contributed by atoms with van der Waals surface area (Å²) in [6.07, 6.45) is -0.597. The Bertz CT molecular complexity index is 153. The van der Waals surface area contributed by atoms with Crippen molar-refractivity contribution < 1.29 is 19.1 Å². The molecule has 1 aliphatic rings. The largest absolute Gasteiger partial charge is 0.508 e. The third kappa shape index (κ3) is 6.63. The lowest BCUT2D eigenvalue weighted by Crippen LogP contribution is -2.01. The SMILES string of the molecule is CC(N)=O.CC1COC(=O)O1. The first-order chi connectivity index (χ1) is 5.02. The van der Waals surface area contributed by atoms with E-state index in [2.05, 4.69) is 15.2 Å². The van der Waals surface area contributed by atoms with Gasteiger partial charge in [0.1, 0.15) is 12.7 Å². The number of ether oxygens (including phenoxy) is 2. The molecule has 1 atom stereocenters. The van der Waals surface area contributed by atoms with Gasteiger partial charge in [-0.25, -0.2) is 4.79 Å². The summed E-state index contributed by atoms with van der Waals surface area (Å²) in [6.45, 7) is 3.49. The second-order valence-electron chi connectivity index (χ2n) is 2.10. The summed E-state index contributed by atoms with van der Waals surface area (Å²) in [5.74, 6) is -0.333. The first-order valence-corrected chi connectivity index (χ1v) is 3.12. The minimum Gasteiger partial charge on any atom is -0.430 e. The molecule has 0 aromatic carbocycles. The van der Waals surface area contributed by atoms with E-state index in [0.717, 1.165) is 0 Å². The molecule has 0 aromatic heterocycles. The number of amides is 1. The average molecular weight is 161 g/mol. The lowest BCUT2D eigenvalue weighted by molar-refractivity contribution is -0.115. The summed E-state index contributed by atoms with van der Waals surface area (Å²) >= 11 is 0. The number of hydrogen-bond acceptors (Lipinski definition) is 4. The molecule has 0 radical (unpaired) electrons. The van der Waals surface area contributed by atoms with Crippen LogP contribution in [-0.4, -0.2) is 24.8 Å². The molecule has 0 saturated carbocycles. The highest BCUT2D eigenvalue weighted by Gasteiger charge is 2.19. The number of cyclic esters (lactones) is 2. The van der Waals surface area contributed by atoms with Crippen LogP contribution in [0.2, 0.25) is 0 Å². The number of primary amides is 1. The van der Waals surface area contributed by atoms with Crippen molar-refractivity contribution in [3.8, 4) is 0 Å². The minimum absolute atomic E-state index is 0.0486. The van der Waals surface area contributed by atoms with Gasteiger partial charge in [-0.2, -0.15) is 0 Å². The maximum absolute atomic E-state index is 10.0. The Morgan fingerprint density at radius 2 is 2.18 bits per heavy atom. The molecule has 1 heterocycles. The fourth-order valence-corrected chi connectivity index (χ4v) is 0.418. The molecule has 1 rings (SSSR count). The summed E-state index contributed by atoms with van der Waals surface area (Å²) < 4.78 is 8.90. The van der Waals surface area contributed by atoms with Gasteiger partial charge in [-0.1, -0.05) is 0 Å². The van der Waals surface area contributed by atoms with E-state index in [0.29, 0.717) is 6.61 Å². The van der Waals surface area contributed by atoms with E-state index >= 15 is 0 Å². The van der Waals surface area contributed by atoms with Gasteiger partial charge in [0.25, 0.3) is 0 Å². The normalized spacial score (nSPS) is 20.9. The summed E-state index contributed by atoms with van der Waals surface area (Å²) in [6, 6.07) is 0. The molecule has 64 valence electrons. The van der Waals surface area contributed by atoms with E-state index in [4.69, 9.17) is 0 Å². The van der Waals surface area contributed by atoms with Crippen LogP contribution < -0.4 is 5.73 Å². The van der Waals surface area contributed by atoms with Crippen LogP contribution in [0.25, 0.3) is 0 Å². The molecule has 1 amide bonds. The number of rotatable bonds is 0. The van der Waals surface area contributed by atoms with Crippen LogP contribution >= 0.6 is 0 Å². The average Bonchev–Trinajstić information content (AvgIpc) is 2.13. The third-order valence-electron chi connectivity index (χ3n) is 0.733. The molecule has 1 unspecified atom stereocenters. The minimum atomic E-state index is -0.549. The van der Waals surface area contributed by atoms with Crippen LogP contribution in [0.5, 0.6) is 0 Å². The fraction of sp³-hybridized carbons (Fsp3) is 0.667. The third-order valence-corrected chi connectivity index (χ3v) is 0.733. The van der Waals surface area contributed by atoms with E-state index in [-0.39, 0.29) is 12.0 Å². The predicted octanol–water partition coefficient (Wildman–Crippen LogP) is 0.0333. The van der Waals surface area contributed by atoms with Gasteiger partial charge < -0.3 is 15.2 Å². The quantitative estimate of drug-likeness (QED) is 0.508. The molecule has 0 aliphatic carbocycles. The van der Waals surface area contributed by atoms with Gasteiger partial charge in [-0.15, -0.1) is 0 Å². The molecule has 1 saturated heterocycles. The first-order valence-electron chi connectivity index (χ1n) is 3.12. The van der Waals surface area contributed by atoms with Crippen LogP contribution in [0, 0.1) is 0 Å². The second kappa shape index (κ2) is 4.54. The number of carbonyl (C=O) groups excluding carboxylic acids is 2. The maximum Gasteiger partial charge on any atom is 0.508 e. The van der Waals surface area contributed by atoms with Crippen molar-refractivity contribution in [1.82, 2.24) is 0 Å². The Hall–Kier alpha value is -1.26. The highest BCUT2D eigenvalue weighted by Crippen LogP contribution is 2.02. The Morgan fingerprint density at radius 3 is 2.27 bits per heavy atom. The second-order valence-corrected chi connectivity index (χ2v) is 2.10. The topological polar surface area (TPSA) is 78.6 Å². The molecule has 0 spiro atoms. The zero-order chi connectivity index (χ0) is 8.85. The van der Waals surface area contributed by atoms with E-state index < -0.39 is 6.16 Å². The monoisotopic (exact) mass is 161 g/mol. The highest BCUT2D eigenvalue weighted by molar-refractivity contribution is 5.70. The molecular weight excluding hydrogens is 150 g/mol. The Morgan fingerprint density at radius 1 is 1.73 bits per heavy atom. The van der Waals surface area contributed by atoms with Crippen molar-refractivity contribution in [2.75, 3.05) is 6.61 Å². The summed E-state index contributed by atoms with van der Waals surface area (Å²) in [7, 11) is 0. The Balaban J connectivity index is 0.000000218. The molecule has 5 nitrogen and oxygen atoms in total. The van der Waals surface area contributed by atoms with Gasteiger partial charge in [0.05, 0.1) is 0 Å². The van der Waals surface area contributed by atoms with Crippen molar-refractivity contribution in [2.24, 2.45) is 5.73 Å². The van der Waals surface area contributed by atoms with Crippen LogP contribution in [0.15, 0.2) is 0 Å². The van der Waals surface area contributed by atoms with Crippen molar-refractivity contribution in [3.63, 3.8) is 0 Å². The highest BCUT2D eigenvalue weighted by atomic mass is 16.8. The molecule has 1 aliphatic heterocycles. The van der Waals surface area contributed by atoms with E-state index in [1.807, 2.05) is 0 Å². The van der Waals surface area contributed by atoms with Crippen molar-refractivity contribution in [1.29, 1.82) is 0 Å². The maximum atomic E-state index is 10.0. The van der Waals surface area contributed by atoms with E-state index in [9.17, 15) is 9.59 Å². The number of hydrogen-bond donors (Lipinski definition) is 1. The zero-order valence-electron chi connectivity index (χ0n) is 6.49. The molecule has 0 bridgehead atoms. The molecule has 1 fully saturated rings. The molecular formula is C6H11NO4. The molecule has 2 N–H and O–H groups in total. The van der Waals surface area contributed by atoms with Crippen LogP contribution in [0.1, 0.15) is 13.8 Å². The first kappa shape index (κ1) is 9.74. The summed E-state index contributed by atoms with van der Waals surface area (Å²) in [5.41, 5.74) is 4.47. The predicted molar refractivity (Wildman–Crippen MR) is 36.8 cm³/mol. The molecule has 0 aromatic rings. The Labute approximate surface area is 64.5 Å². The van der Waals surface area contributed by atoms with Crippen molar-refractivity contribution >= 4 is 12.1 Å². The van der Waals surface area contributed by atoms with Crippen LogP contribution in [-0.2, 0) is 14.3 Å². The lowest BCUT2D eigenvalue weighted by atomic mass is 10.5. The van der Waals surface area contributed by atoms with Crippen molar-refractivity contribution in [3.05, 3.63) is 0 Å². The fourth-order valence-electron chi connectivity index (χ4n) is 0.418. The standard InChI is InChI=1S/C4H6O3.C2H5NO/c1-3-2-6-4(5)7-3;1-2(3)4/h3H,2H2,1H3;1H3,(H2,3,4). The van der Waals surface area contributed by atoms with Crippen LogP contribution in [0.3, 0.4) is 0 Å². The summed E-state index contributed by atoms with van der Waals surface area (Å²) in [5, 5.41) is 0. The molecule has 11 heavy (non-hydrogen) atoms. The van der Waals surface area contributed by atoms with Crippen molar-refractivity contribution in [2.45, 2.75) is 20.0 Å². The number of nitrogens with two attached hydrogens (primary N) is 1. The summed E-state index contributed by atoms with van der Waals surface area (Å²) in [4.78, 5) is 19.2. The van der Waals surface area contributed by atoms with E-state index in [1.54, 1.807) is 6.92 Å². The zero-order valence-corrected chi connectivity index (χ0v) is 6.49. The van der Waals surface area contributed by atoms with Gasteiger partial charge in [0, 0.05) is 6.92 Å². The number of carbonyl (C=O) groups is 2. The van der Waals surface area contributed by atoms with E-state index in [1.165, 1.54) is 6.92 Å². The van der Waals surface area contributed by atoms with Gasteiger partial charge in [0.15, 0.2) is 0 Å². The van der Waals surface area contributed by atoms with Gasteiger partial charge >= 0.3 is 6.16 Å². The van der Waals surface area contributed by atoms with Gasteiger partial charge in [0.2, 0.25) is 5.91 Å². The lowest BCUT2D eigenvalue weighted by Gasteiger charge is -1.90. The molecule has 5 heteroatoms.